The molecule has 3 N–H and O–H groups in total. The third-order valence-electron chi connectivity index (χ3n) is 3.38. The molecule has 3 nitrogen and oxygen atoms in total. The fourth-order valence-electron chi connectivity index (χ4n) is 2.32. The highest BCUT2D eigenvalue weighted by molar-refractivity contribution is 5.76. The van der Waals surface area contributed by atoms with Gasteiger partial charge < -0.3 is 10.8 Å². The highest BCUT2D eigenvalue weighted by Gasteiger charge is 2.24. The lowest BCUT2D eigenvalue weighted by Gasteiger charge is -2.22. The Morgan fingerprint density at radius 2 is 1.76 bits per heavy atom. The number of hydrogen-bond acceptors (Lipinski definition) is 2. The largest absolute Gasteiger partial charge is 0.396 e. The molecule has 0 saturated carbocycles. The molecule has 0 radical (unpaired) electrons. The van der Waals surface area contributed by atoms with Crippen molar-refractivity contribution in [3.8, 4) is 0 Å². The molecule has 0 heterocycles. The maximum atomic E-state index is 11.4. The minimum absolute atomic E-state index is 0.0524. The fraction of sp³-hybridized carbons (Fsp3) is 0.929. The Morgan fingerprint density at radius 1 is 1.18 bits per heavy atom. The minimum atomic E-state index is -0.248. The number of hydrogen-bond donors (Lipinski definition) is 2. The smallest absolute Gasteiger partial charge is 0.220 e. The van der Waals surface area contributed by atoms with Crippen molar-refractivity contribution < 1.29 is 9.90 Å². The standard InChI is InChI=1S/C14H29NO2/c1-4-7-12(10-16)13(14(15)17)9-6-5-8-11(2)3/h11-13,16H,4-10H2,1-3H3,(H2,15,17). The van der Waals surface area contributed by atoms with Crippen LogP contribution in [0.15, 0.2) is 0 Å². The molecule has 0 aromatic carbocycles. The van der Waals surface area contributed by atoms with Crippen LogP contribution in [0.4, 0.5) is 0 Å². The van der Waals surface area contributed by atoms with Crippen molar-refractivity contribution in [1.29, 1.82) is 0 Å². The lowest BCUT2D eigenvalue weighted by Crippen LogP contribution is -2.32. The molecule has 2 unspecified atom stereocenters. The molecule has 0 aliphatic heterocycles. The van der Waals surface area contributed by atoms with Gasteiger partial charge in [0.05, 0.1) is 0 Å². The summed E-state index contributed by atoms with van der Waals surface area (Å²) in [5.74, 6) is 0.372. The molecule has 102 valence electrons. The van der Waals surface area contributed by atoms with Gasteiger partial charge in [0.2, 0.25) is 5.91 Å². The van der Waals surface area contributed by atoms with Crippen LogP contribution in [-0.4, -0.2) is 17.6 Å². The first-order valence-electron chi connectivity index (χ1n) is 6.93. The van der Waals surface area contributed by atoms with Gasteiger partial charge in [-0.2, -0.15) is 0 Å². The van der Waals surface area contributed by atoms with E-state index in [-0.39, 0.29) is 24.3 Å². The first-order chi connectivity index (χ1) is 8.02. The normalized spacial score (nSPS) is 14.9. The number of aliphatic hydroxyl groups is 1. The van der Waals surface area contributed by atoms with Gasteiger partial charge in [-0.1, -0.05) is 46.5 Å². The number of primary amides is 1. The second kappa shape index (κ2) is 9.46. The molecule has 0 spiro atoms. The highest BCUT2D eigenvalue weighted by atomic mass is 16.3. The van der Waals surface area contributed by atoms with Gasteiger partial charge in [-0.3, -0.25) is 4.79 Å². The monoisotopic (exact) mass is 243 g/mol. The molecule has 3 heteroatoms. The van der Waals surface area contributed by atoms with Gasteiger partial charge in [-0.15, -0.1) is 0 Å². The van der Waals surface area contributed by atoms with Crippen LogP contribution in [-0.2, 0) is 4.79 Å². The number of unbranched alkanes of at least 4 members (excludes halogenated alkanes) is 1. The third kappa shape index (κ3) is 7.37. The first-order valence-corrected chi connectivity index (χ1v) is 6.93. The van der Waals surface area contributed by atoms with Crippen molar-refractivity contribution in [1.82, 2.24) is 0 Å². The van der Waals surface area contributed by atoms with E-state index in [2.05, 4.69) is 20.8 Å². The number of carbonyl (C=O) groups excluding carboxylic acids is 1. The van der Waals surface area contributed by atoms with E-state index in [4.69, 9.17) is 5.73 Å². The van der Waals surface area contributed by atoms with Gasteiger partial charge in [-0.25, -0.2) is 0 Å². The van der Waals surface area contributed by atoms with Gasteiger partial charge in [0.25, 0.3) is 0 Å². The number of aliphatic hydroxyl groups excluding tert-OH is 1. The zero-order valence-electron chi connectivity index (χ0n) is 11.6. The first kappa shape index (κ1) is 16.4. The van der Waals surface area contributed by atoms with Gasteiger partial charge >= 0.3 is 0 Å². The second-order valence-corrected chi connectivity index (χ2v) is 5.42. The Bertz CT molecular complexity index is 204. The van der Waals surface area contributed by atoms with Gasteiger partial charge in [-0.05, 0) is 24.7 Å². The number of carbonyl (C=O) groups is 1. The van der Waals surface area contributed by atoms with E-state index in [1.165, 1.54) is 6.42 Å². The quantitative estimate of drug-likeness (QED) is 0.579. The zero-order chi connectivity index (χ0) is 13.3. The summed E-state index contributed by atoms with van der Waals surface area (Å²) in [5, 5.41) is 9.31. The molecule has 0 saturated heterocycles. The average molecular weight is 243 g/mol. The van der Waals surface area contributed by atoms with E-state index >= 15 is 0 Å². The van der Waals surface area contributed by atoms with Crippen molar-refractivity contribution in [3.63, 3.8) is 0 Å². The Hall–Kier alpha value is -0.570. The van der Waals surface area contributed by atoms with Crippen LogP contribution in [0.5, 0.6) is 0 Å². The fourth-order valence-corrected chi connectivity index (χ4v) is 2.32. The molecule has 17 heavy (non-hydrogen) atoms. The van der Waals surface area contributed by atoms with E-state index in [1.807, 2.05) is 0 Å². The van der Waals surface area contributed by atoms with Gasteiger partial charge in [0, 0.05) is 12.5 Å². The minimum Gasteiger partial charge on any atom is -0.396 e. The molecule has 0 aliphatic carbocycles. The molecule has 0 bridgehead atoms. The van der Waals surface area contributed by atoms with Gasteiger partial charge in [0.15, 0.2) is 0 Å². The molecule has 1 amide bonds. The highest BCUT2D eigenvalue weighted by Crippen LogP contribution is 2.23. The molecule has 2 atom stereocenters. The summed E-state index contributed by atoms with van der Waals surface area (Å²) in [6.07, 6.45) is 6.07. The van der Waals surface area contributed by atoms with Crippen molar-refractivity contribution in [2.45, 2.75) is 59.3 Å². The SMILES string of the molecule is CCCC(CO)C(CCCCC(C)C)C(N)=O. The Balaban J connectivity index is 4.09. The number of rotatable bonds is 10. The Kier molecular flexibility index (Phi) is 9.14. The maximum Gasteiger partial charge on any atom is 0.220 e. The number of nitrogens with two attached hydrogens (primary N) is 1. The van der Waals surface area contributed by atoms with Gasteiger partial charge in [0.1, 0.15) is 0 Å². The van der Waals surface area contributed by atoms with Crippen LogP contribution < -0.4 is 5.73 Å². The van der Waals surface area contributed by atoms with Crippen molar-refractivity contribution in [2.75, 3.05) is 6.61 Å². The van der Waals surface area contributed by atoms with E-state index < -0.39 is 0 Å². The van der Waals surface area contributed by atoms with Crippen LogP contribution in [0.2, 0.25) is 0 Å². The topological polar surface area (TPSA) is 63.3 Å². The zero-order valence-corrected chi connectivity index (χ0v) is 11.6. The summed E-state index contributed by atoms with van der Waals surface area (Å²) in [7, 11) is 0. The molecule has 0 aliphatic rings. The Labute approximate surface area is 106 Å². The predicted octanol–water partition coefficient (Wildman–Crippen LogP) is 2.71. The summed E-state index contributed by atoms with van der Waals surface area (Å²) in [4.78, 5) is 11.4. The van der Waals surface area contributed by atoms with Crippen molar-refractivity contribution in [2.24, 2.45) is 23.5 Å². The number of amides is 1. The van der Waals surface area contributed by atoms with Crippen LogP contribution in [0.25, 0.3) is 0 Å². The maximum absolute atomic E-state index is 11.4. The van der Waals surface area contributed by atoms with Crippen molar-refractivity contribution in [3.05, 3.63) is 0 Å². The van der Waals surface area contributed by atoms with Crippen molar-refractivity contribution >= 4 is 5.91 Å². The summed E-state index contributed by atoms with van der Waals surface area (Å²) in [6.45, 7) is 6.56. The molecular weight excluding hydrogens is 214 g/mol. The van der Waals surface area contributed by atoms with Crippen LogP contribution in [0, 0.1) is 17.8 Å². The molecule has 0 rings (SSSR count). The molecule has 0 fully saturated rings. The summed E-state index contributed by atoms with van der Waals surface area (Å²) >= 11 is 0. The van der Waals surface area contributed by atoms with Crippen LogP contribution >= 0.6 is 0 Å². The van der Waals surface area contributed by atoms with E-state index in [1.54, 1.807) is 0 Å². The molecule has 0 aromatic heterocycles. The molecular formula is C14H29NO2. The summed E-state index contributed by atoms with van der Waals surface area (Å²) < 4.78 is 0. The summed E-state index contributed by atoms with van der Waals surface area (Å²) in [6, 6.07) is 0. The lowest BCUT2D eigenvalue weighted by molar-refractivity contribution is -0.124. The second-order valence-electron chi connectivity index (χ2n) is 5.42. The van der Waals surface area contributed by atoms with E-state index in [0.29, 0.717) is 5.92 Å². The van der Waals surface area contributed by atoms with E-state index in [9.17, 15) is 9.90 Å². The van der Waals surface area contributed by atoms with Crippen LogP contribution in [0.1, 0.15) is 59.3 Å². The molecule has 0 aromatic rings. The summed E-state index contributed by atoms with van der Waals surface area (Å²) in [5.41, 5.74) is 5.44. The predicted molar refractivity (Wildman–Crippen MR) is 71.5 cm³/mol. The van der Waals surface area contributed by atoms with E-state index in [0.717, 1.165) is 32.1 Å². The average Bonchev–Trinajstić information content (AvgIpc) is 2.26. The third-order valence-corrected chi connectivity index (χ3v) is 3.38. The Morgan fingerprint density at radius 3 is 2.18 bits per heavy atom. The van der Waals surface area contributed by atoms with Crippen LogP contribution in [0.3, 0.4) is 0 Å². The lowest BCUT2D eigenvalue weighted by atomic mass is 9.84.